The van der Waals surface area contributed by atoms with E-state index in [1.165, 1.54) is 62.9 Å². The monoisotopic (exact) mass is 269 g/mol. The van der Waals surface area contributed by atoms with Crippen LogP contribution in [-0.4, -0.2) is 24.6 Å². The highest BCUT2D eigenvalue weighted by molar-refractivity contribution is 7.99. The average molecular weight is 269 g/mol. The van der Waals surface area contributed by atoms with Crippen molar-refractivity contribution in [2.24, 2.45) is 17.8 Å². The van der Waals surface area contributed by atoms with Gasteiger partial charge in [-0.25, -0.2) is 0 Å². The molecule has 3 atom stereocenters. The predicted octanol–water partition coefficient (Wildman–Crippen LogP) is 4.32. The Kier molecular flexibility index (Phi) is 6.37. The molecule has 1 saturated heterocycles. The van der Waals surface area contributed by atoms with Crippen molar-refractivity contribution in [3.05, 3.63) is 0 Å². The van der Waals surface area contributed by atoms with E-state index in [0.29, 0.717) is 0 Å². The second kappa shape index (κ2) is 7.79. The third-order valence-corrected chi connectivity index (χ3v) is 6.32. The van der Waals surface area contributed by atoms with Gasteiger partial charge in [0.25, 0.3) is 0 Å². The van der Waals surface area contributed by atoms with Crippen molar-refractivity contribution >= 4 is 11.8 Å². The second-order valence-corrected chi connectivity index (χ2v) is 7.61. The minimum atomic E-state index is 0.799. The van der Waals surface area contributed by atoms with Crippen LogP contribution in [0.3, 0.4) is 0 Å². The average Bonchev–Trinajstić information content (AvgIpc) is 2.46. The molecule has 0 aromatic heterocycles. The molecule has 2 rings (SSSR count). The van der Waals surface area contributed by atoms with Crippen LogP contribution in [0.25, 0.3) is 0 Å². The maximum Gasteiger partial charge on any atom is 0.00950 e. The van der Waals surface area contributed by atoms with Crippen molar-refractivity contribution in [1.82, 2.24) is 5.32 Å². The van der Waals surface area contributed by atoms with Crippen molar-refractivity contribution in [3.8, 4) is 0 Å². The lowest BCUT2D eigenvalue weighted by atomic mass is 9.74. The highest BCUT2D eigenvalue weighted by atomic mass is 32.2. The highest BCUT2D eigenvalue weighted by Gasteiger charge is 2.29. The van der Waals surface area contributed by atoms with Crippen LogP contribution in [0.15, 0.2) is 0 Å². The SMILES string of the molecule is CCC1CCCC(C(CC2CCSCC2)NC)C1. The van der Waals surface area contributed by atoms with Gasteiger partial charge < -0.3 is 5.32 Å². The van der Waals surface area contributed by atoms with Gasteiger partial charge in [0.05, 0.1) is 0 Å². The van der Waals surface area contributed by atoms with Crippen molar-refractivity contribution in [3.63, 3.8) is 0 Å². The third-order valence-electron chi connectivity index (χ3n) is 5.27. The fraction of sp³-hybridized carbons (Fsp3) is 1.00. The van der Waals surface area contributed by atoms with Gasteiger partial charge >= 0.3 is 0 Å². The molecule has 1 aliphatic carbocycles. The Morgan fingerprint density at radius 1 is 1.11 bits per heavy atom. The van der Waals surface area contributed by atoms with Gasteiger partial charge in [0.1, 0.15) is 0 Å². The van der Waals surface area contributed by atoms with E-state index in [0.717, 1.165) is 23.8 Å². The highest BCUT2D eigenvalue weighted by Crippen LogP contribution is 2.36. The summed E-state index contributed by atoms with van der Waals surface area (Å²) in [5, 5.41) is 3.66. The van der Waals surface area contributed by atoms with Gasteiger partial charge in [0, 0.05) is 6.04 Å². The van der Waals surface area contributed by atoms with Gasteiger partial charge in [-0.15, -0.1) is 0 Å². The van der Waals surface area contributed by atoms with E-state index in [1.54, 1.807) is 0 Å². The van der Waals surface area contributed by atoms with Crippen LogP contribution in [0.5, 0.6) is 0 Å². The predicted molar refractivity (Wildman–Crippen MR) is 83.3 cm³/mol. The number of thioether (sulfide) groups is 1. The zero-order valence-corrected chi connectivity index (χ0v) is 13.1. The Morgan fingerprint density at radius 3 is 2.56 bits per heavy atom. The molecule has 2 fully saturated rings. The van der Waals surface area contributed by atoms with Crippen LogP contribution < -0.4 is 5.32 Å². The zero-order chi connectivity index (χ0) is 12.8. The van der Waals surface area contributed by atoms with Gasteiger partial charge in [0.15, 0.2) is 0 Å². The molecule has 2 heteroatoms. The summed E-state index contributed by atoms with van der Waals surface area (Å²) in [5.74, 6) is 5.79. The molecule has 1 heterocycles. The standard InChI is InChI=1S/C16H31NS/c1-3-13-5-4-6-15(11-13)16(17-2)12-14-7-9-18-10-8-14/h13-17H,3-12H2,1-2H3. The van der Waals surface area contributed by atoms with Crippen LogP contribution in [0.2, 0.25) is 0 Å². The lowest BCUT2D eigenvalue weighted by molar-refractivity contribution is 0.191. The van der Waals surface area contributed by atoms with Gasteiger partial charge in [0.2, 0.25) is 0 Å². The molecule has 0 radical (unpaired) electrons. The largest absolute Gasteiger partial charge is 0.317 e. The fourth-order valence-electron chi connectivity index (χ4n) is 3.96. The quantitative estimate of drug-likeness (QED) is 0.797. The minimum Gasteiger partial charge on any atom is -0.317 e. The summed E-state index contributed by atoms with van der Waals surface area (Å²) in [6, 6.07) is 0.799. The lowest BCUT2D eigenvalue weighted by Crippen LogP contribution is -2.38. The van der Waals surface area contributed by atoms with Gasteiger partial charge in [-0.1, -0.05) is 26.2 Å². The van der Waals surface area contributed by atoms with Gasteiger partial charge in [-0.2, -0.15) is 11.8 Å². The first-order valence-corrected chi connectivity index (χ1v) is 9.24. The first kappa shape index (κ1) is 14.7. The molecule has 2 aliphatic rings. The van der Waals surface area contributed by atoms with E-state index >= 15 is 0 Å². The zero-order valence-electron chi connectivity index (χ0n) is 12.3. The molecule has 0 aromatic carbocycles. The maximum absolute atomic E-state index is 3.66. The van der Waals surface area contributed by atoms with Crippen LogP contribution >= 0.6 is 11.8 Å². The second-order valence-electron chi connectivity index (χ2n) is 6.39. The fourth-order valence-corrected chi connectivity index (χ4v) is 5.16. The number of hydrogen-bond acceptors (Lipinski definition) is 2. The molecule has 106 valence electrons. The molecule has 1 N–H and O–H groups in total. The smallest absolute Gasteiger partial charge is 0.00950 e. The van der Waals surface area contributed by atoms with Crippen molar-refractivity contribution in [1.29, 1.82) is 0 Å². The molecule has 0 bridgehead atoms. The summed E-state index contributed by atoms with van der Waals surface area (Å²) in [7, 11) is 2.19. The topological polar surface area (TPSA) is 12.0 Å². The molecular weight excluding hydrogens is 238 g/mol. The molecule has 18 heavy (non-hydrogen) atoms. The first-order valence-electron chi connectivity index (χ1n) is 8.08. The van der Waals surface area contributed by atoms with E-state index < -0.39 is 0 Å². The Morgan fingerprint density at radius 2 is 1.89 bits per heavy atom. The van der Waals surface area contributed by atoms with Gasteiger partial charge in [-0.05, 0) is 68.4 Å². The molecule has 1 saturated carbocycles. The van der Waals surface area contributed by atoms with Crippen LogP contribution in [0.4, 0.5) is 0 Å². The van der Waals surface area contributed by atoms with Crippen LogP contribution in [0, 0.1) is 17.8 Å². The molecule has 3 unspecified atom stereocenters. The molecule has 0 amide bonds. The third kappa shape index (κ3) is 4.16. The Bertz CT molecular complexity index is 225. The Labute approximate surface area is 118 Å². The van der Waals surface area contributed by atoms with E-state index in [2.05, 4.69) is 31.1 Å². The molecule has 0 spiro atoms. The molecule has 0 aromatic rings. The number of nitrogens with one attached hydrogen (secondary N) is 1. The van der Waals surface area contributed by atoms with E-state index in [-0.39, 0.29) is 0 Å². The first-order chi connectivity index (χ1) is 8.83. The van der Waals surface area contributed by atoms with Gasteiger partial charge in [-0.3, -0.25) is 0 Å². The molecule has 1 nitrogen and oxygen atoms in total. The maximum atomic E-state index is 3.66. The summed E-state index contributed by atoms with van der Waals surface area (Å²) in [4.78, 5) is 0. The summed E-state index contributed by atoms with van der Waals surface area (Å²) in [6.45, 7) is 2.37. The Hall–Kier alpha value is 0.310. The summed E-state index contributed by atoms with van der Waals surface area (Å²) >= 11 is 2.15. The molecular formula is C16H31NS. The summed E-state index contributed by atoms with van der Waals surface area (Å²) in [5.41, 5.74) is 0. The number of hydrogen-bond donors (Lipinski definition) is 1. The van der Waals surface area contributed by atoms with Crippen molar-refractivity contribution < 1.29 is 0 Å². The van der Waals surface area contributed by atoms with Crippen LogP contribution in [-0.2, 0) is 0 Å². The lowest BCUT2D eigenvalue weighted by Gasteiger charge is -2.36. The minimum absolute atomic E-state index is 0.799. The summed E-state index contributed by atoms with van der Waals surface area (Å²) < 4.78 is 0. The normalized spacial score (nSPS) is 32.3. The Balaban J connectivity index is 1.82. The van der Waals surface area contributed by atoms with E-state index in [1.807, 2.05) is 0 Å². The molecule has 1 aliphatic heterocycles. The van der Waals surface area contributed by atoms with E-state index in [4.69, 9.17) is 0 Å². The van der Waals surface area contributed by atoms with E-state index in [9.17, 15) is 0 Å². The van der Waals surface area contributed by atoms with Crippen molar-refractivity contribution in [2.75, 3.05) is 18.6 Å². The summed E-state index contributed by atoms with van der Waals surface area (Å²) in [6.07, 6.45) is 11.7. The number of rotatable bonds is 5. The van der Waals surface area contributed by atoms with Crippen LogP contribution in [0.1, 0.15) is 58.3 Å². The van der Waals surface area contributed by atoms with Crippen molar-refractivity contribution in [2.45, 2.75) is 64.3 Å².